The predicted octanol–water partition coefficient (Wildman–Crippen LogP) is 0.843. The number of carboxylic acid groups (broad SMARTS) is 1. The van der Waals surface area contributed by atoms with Crippen LogP contribution in [-0.4, -0.2) is 21.3 Å². The third-order valence-electron chi connectivity index (χ3n) is 1.84. The van der Waals surface area contributed by atoms with Gasteiger partial charge in [0.05, 0.1) is 17.3 Å². The van der Waals surface area contributed by atoms with Gasteiger partial charge in [0.25, 0.3) is 0 Å². The summed E-state index contributed by atoms with van der Waals surface area (Å²) in [7, 11) is 0. The average Bonchev–Trinajstić information content (AvgIpc) is 2.48. The number of nitrogens with one attached hydrogen (secondary N) is 1. The molecule has 0 saturated heterocycles. The fourth-order valence-electron chi connectivity index (χ4n) is 1.19. The molecule has 0 aliphatic rings. The van der Waals surface area contributed by atoms with Crippen LogP contribution in [0.2, 0.25) is 0 Å². The molecule has 0 aliphatic carbocycles. The van der Waals surface area contributed by atoms with Crippen LogP contribution in [0.25, 0.3) is 10.9 Å². The number of hydrogen-bond donors (Lipinski definition) is 3. The zero-order chi connectivity index (χ0) is 9.42. The van der Waals surface area contributed by atoms with E-state index in [-0.39, 0.29) is 11.3 Å². The smallest absolute Gasteiger partial charge is 0.337 e. The fourth-order valence-corrected chi connectivity index (χ4v) is 1.19. The Morgan fingerprint density at radius 1 is 1.54 bits per heavy atom. The fraction of sp³-hybridized carbons (Fsp3) is 0. The molecular formula is C8H7N3O2. The highest BCUT2D eigenvalue weighted by atomic mass is 16.4. The molecule has 4 N–H and O–H groups in total. The summed E-state index contributed by atoms with van der Waals surface area (Å²) < 4.78 is 0. The van der Waals surface area contributed by atoms with Crippen molar-refractivity contribution < 1.29 is 9.90 Å². The summed E-state index contributed by atoms with van der Waals surface area (Å²) in [6.45, 7) is 0. The Bertz CT molecular complexity index is 475. The van der Waals surface area contributed by atoms with Crippen LogP contribution in [0.3, 0.4) is 0 Å². The van der Waals surface area contributed by atoms with Crippen molar-refractivity contribution in [2.24, 2.45) is 0 Å². The molecule has 5 heteroatoms. The van der Waals surface area contributed by atoms with Crippen LogP contribution >= 0.6 is 0 Å². The summed E-state index contributed by atoms with van der Waals surface area (Å²) in [5.74, 6) is -1.03. The lowest BCUT2D eigenvalue weighted by Gasteiger charge is -1.99. The van der Waals surface area contributed by atoms with E-state index in [9.17, 15) is 4.79 Å². The molecule has 2 rings (SSSR count). The van der Waals surface area contributed by atoms with E-state index in [0.717, 1.165) is 10.9 Å². The number of benzene rings is 1. The number of carbonyl (C=O) groups is 1. The molecule has 2 aromatic rings. The highest BCUT2D eigenvalue weighted by Crippen LogP contribution is 2.19. The van der Waals surface area contributed by atoms with Crippen LogP contribution in [0.15, 0.2) is 18.3 Å². The summed E-state index contributed by atoms with van der Waals surface area (Å²) in [6, 6.07) is 3.06. The summed E-state index contributed by atoms with van der Waals surface area (Å²) in [5.41, 5.74) is 6.60. The van der Waals surface area contributed by atoms with Crippen LogP contribution < -0.4 is 5.73 Å². The van der Waals surface area contributed by atoms with Crippen molar-refractivity contribution in [3.05, 3.63) is 23.9 Å². The van der Waals surface area contributed by atoms with Gasteiger partial charge >= 0.3 is 5.97 Å². The number of fused-ring (bicyclic) bond motifs is 1. The predicted molar refractivity (Wildman–Crippen MR) is 47.5 cm³/mol. The number of aromatic nitrogens is 2. The maximum Gasteiger partial charge on any atom is 0.337 e. The van der Waals surface area contributed by atoms with Crippen molar-refractivity contribution in [1.29, 1.82) is 0 Å². The van der Waals surface area contributed by atoms with Gasteiger partial charge in [-0.2, -0.15) is 5.10 Å². The second-order valence-electron chi connectivity index (χ2n) is 2.70. The lowest BCUT2D eigenvalue weighted by atomic mass is 10.1. The van der Waals surface area contributed by atoms with Crippen molar-refractivity contribution in [2.45, 2.75) is 0 Å². The van der Waals surface area contributed by atoms with Crippen LogP contribution in [0.5, 0.6) is 0 Å². The van der Waals surface area contributed by atoms with E-state index in [2.05, 4.69) is 10.2 Å². The quantitative estimate of drug-likeness (QED) is 0.563. The van der Waals surface area contributed by atoms with Gasteiger partial charge in [0.15, 0.2) is 0 Å². The van der Waals surface area contributed by atoms with Gasteiger partial charge in [-0.25, -0.2) is 4.79 Å². The van der Waals surface area contributed by atoms with E-state index in [1.54, 1.807) is 12.3 Å². The molecule has 0 unspecified atom stereocenters. The lowest BCUT2D eigenvalue weighted by molar-refractivity contribution is 0.0698. The maximum absolute atomic E-state index is 10.7. The van der Waals surface area contributed by atoms with E-state index in [1.165, 1.54) is 6.07 Å². The number of hydrogen-bond acceptors (Lipinski definition) is 3. The van der Waals surface area contributed by atoms with Gasteiger partial charge in [-0.05, 0) is 12.1 Å². The van der Waals surface area contributed by atoms with Crippen LogP contribution in [0, 0.1) is 0 Å². The first kappa shape index (κ1) is 7.60. The first-order chi connectivity index (χ1) is 6.18. The van der Waals surface area contributed by atoms with Gasteiger partial charge in [-0.15, -0.1) is 0 Å². The Morgan fingerprint density at radius 3 is 3.00 bits per heavy atom. The van der Waals surface area contributed by atoms with E-state index < -0.39 is 5.97 Å². The van der Waals surface area contributed by atoms with E-state index in [1.807, 2.05) is 0 Å². The number of H-pyrrole nitrogens is 1. The number of anilines is 1. The minimum Gasteiger partial charge on any atom is -0.478 e. The van der Waals surface area contributed by atoms with Crippen molar-refractivity contribution in [3.63, 3.8) is 0 Å². The standard InChI is InChI=1S/C8H7N3O2/c9-6-2-7-4(3-10-11-7)1-5(6)8(12)13/h1-3H,9H2,(H,10,11)(H,12,13). The van der Waals surface area contributed by atoms with Crippen molar-refractivity contribution in [3.8, 4) is 0 Å². The zero-order valence-corrected chi connectivity index (χ0v) is 6.61. The lowest BCUT2D eigenvalue weighted by Crippen LogP contribution is -2.01. The summed E-state index contributed by atoms with van der Waals surface area (Å²) in [6.07, 6.45) is 1.56. The van der Waals surface area contributed by atoms with Gasteiger partial charge < -0.3 is 10.8 Å². The zero-order valence-electron chi connectivity index (χ0n) is 6.61. The first-order valence-corrected chi connectivity index (χ1v) is 3.64. The first-order valence-electron chi connectivity index (χ1n) is 3.64. The molecule has 13 heavy (non-hydrogen) atoms. The van der Waals surface area contributed by atoms with Crippen molar-refractivity contribution >= 4 is 22.6 Å². The second-order valence-corrected chi connectivity index (χ2v) is 2.70. The number of nitrogen functional groups attached to an aromatic ring is 1. The summed E-state index contributed by atoms with van der Waals surface area (Å²) in [5, 5.41) is 16.0. The molecule has 0 fully saturated rings. The molecule has 0 aliphatic heterocycles. The van der Waals surface area contributed by atoms with Gasteiger partial charge in [0.1, 0.15) is 0 Å². The van der Waals surface area contributed by atoms with Gasteiger partial charge in [0, 0.05) is 11.1 Å². The Labute approximate surface area is 73.2 Å². The monoisotopic (exact) mass is 177 g/mol. The Hall–Kier alpha value is -2.04. The third kappa shape index (κ3) is 1.10. The van der Waals surface area contributed by atoms with Gasteiger partial charge in [0.2, 0.25) is 0 Å². The number of aromatic amines is 1. The molecule has 1 aromatic heterocycles. The molecule has 0 atom stereocenters. The number of rotatable bonds is 1. The number of nitrogens with zero attached hydrogens (tertiary/aromatic N) is 1. The molecule has 1 heterocycles. The van der Waals surface area contributed by atoms with E-state index in [0.29, 0.717) is 0 Å². The topological polar surface area (TPSA) is 92.0 Å². The number of aromatic carboxylic acids is 1. The van der Waals surface area contributed by atoms with Crippen LogP contribution in [-0.2, 0) is 0 Å². The van der Waals surface area contributed by atoms with Gasteiger partial charge in [-0.1, -0.05) is 0 Å². The average molecular weight is 177 g/mol. The van der Waals surface area contributed by atoms with Crippen molar-refractivity contribution in [2.75, 3.05) is 5.73 Å². The van der Waals surface area contributed by atoms with E-state index >= 15 is 0 Å². The highest BCUT2D eigenvalue weighted by Gasteiger charge is 2.09. The second kappa shape index (κ2) is 2.48. The number of carboxylic acids is 1. The largest absolute Gasteiger partial charge is 0.478 e. The van der Waals surface area contributed by atoms with Crippen molar-refractivity contribution in [1.82, 2.24) is 10.2 Å². The molecular weight excluding hydrogens is 170 g/mol. The van der Waals surface area contributed by atoms with E-state index in [4.69, 9.17) is 10.8 Å². The SMILES string of the molecule is Nc1cc2[nH]ncc2cc1C(=O)O. The summed E-state index contributed by atoms with van der Waals surface area (Å²) in [4.78, 5) is 10.7. The van der Waals surface area contributed by atoms with Crippen LogP contribution in [0.4, 0.5) is 5.69 Å². The molecule has 66 valence electrons. The molecule has 5 nitrogen and oxygen atoms in total. The molecule has 0 radical (unpaired) electrons. The Morgan fingerprint density at radius 2 is 2.31 bits per heavy atom. The Balaban J connectivity index is 2.76. The maximum atomic E-state index is 10.7. The van der Waals surface area contributed by atoms with Gasteiger partial charge in [-0.3, -0.25) is 5.10 Å². The molecule has 0 spiro atoms. The molecule has 0 saturated carbocycles. The summed E-state index contributed by atoms with van der Waals surface area (Å²) >= 11 is 0. The third-order valence-corrected chi connectivity index (χ3v) is 1.84. The van der Waals surface area contributed by atoms with Crippen LogP contribution in [0.1, 0.15) is 10.4 Å². The normalized spacial score (nSPS) is 10.5. The number of nitrogens with two attached hydrogens (primary N) is 1. The highest BCUT2D eigenvalue weighted by molar-refractivity contribution is 5.99. The minimum absolute atomic E-state index is 0.105. The molecule has 1 aromatic carbocycles. The minimum atomic E-state index is -1.03. The molecule has 0 bridgehead atoms. The Kier molecular flexibility index (Phi) is 1.45. The molecule has 0 amide bonds.